The Labute approximate surface area is 204 Å². The molecule has 11 heteroatoms. The number of thiophene rings is 1. The van der Waals surface area contributed by atoms with E-state index in [1.165, 1.54) is 18.4 Å². The van der Waals surface area contributed by atoms with E-state index in [2.05, 4.69) is 20.2 Å². The van der Waals surface area contributed by atoms with Crippen LogP contribution in [0.1, 0.15) is 17.0 Å². The number of rotatable bonds is 6. The molecule has 1 aliphatic heterocycles. The summed E-state index contributed by atoms with van der Waals surface area (Å²) >= 11 is 7.57. The van der Waals surface area contributed by atoms with E-state index in [0.29, 0.717) is 34.4 Å². The smallest absolute Gasteiger partial charge is 0.324 e. The maximum atomic E-state index is 13.1. The van der Waals surface area contributed by atoms with E-state index in [0.717, 1.165) is 48.2 Å². The Kier molecular flexibility index (Phi) is 7.61. The average molecular weight is 512 g/mol. The summed E-state index contributed by atoms with van der Waals surface area (Å²) in [5, 5.41) is 7.40. The van der Waals surface area contributed by atoms with Gasteiger partial charge in [0.15, 0.2) is 0 Å². The van der Waals surface area contributed by atoms with Crippen LogP contribution in [0.4, 0.5) is 18.9 Å². The molecule has 0 unspecified atom stereocenters. The number of alkyl halides is 3. The van der Waals surface area contributed by atoms with Crippen molar-refractivity contribution < 1.29 is 18.0 Å². The first-order valence-corrected chi connectivity index (χ1v) is 12.1. The van der Waals surface area contributed by atoms with Crippen LogP contribution in [0.25, 0.3) is 10.6 Å². The lowest BCUT2D eigenvalue weighted by atomic mass is 10.3. The van der Waals surface area contributed by atoms with Crippen LogP contribution in [-0.4, -0.2) is 58.2 Å². The fourth-order valence-electron chi connectivity index (χ4n) is 3.97. The van der Waals surface area contributed by atoms with Crippen molar-refractivity contribution >= 4 is 34.5 Å². The number of carbonyl (C=O) groups excluding carboxylic acids is 1. The van der Waals surface area contributed by atoms with Gasteiger partial charge < -0.3 is 5.32 Å². The van der Waals surface area contributed by atoms with Gasteiger partial charge in [-0.1, -0.05) is 23.7 Å². The second kappa shape index (κ2) is 10.5. The zero-order chi connectivity index (χ0) is 24.3. The number of nitrogens with one attached hydrogen (secondary N) is 1. The van der Waals surface area contributed by atoms with Crippen molar-refractivity contribution in [3.63, 3.8) is 0 Å². The molecule has 0 spiro atoms. The van der Waals surface area contributed by atoms with Crippen molar-refractivity contribution in [3.05, 3.63) is 58.1 Å². The van der Waals surface area contributed by atoms with Gasteiger partial charge in [-0.25, -0.2) is 0 Å². The van der Waals surface area contributed by atoms with Crippen LogP contribution in [0.2, 0.25) is 5.02 Å². The second-order valence-corrected chi connectivity index (χ2v) is 9.81. The summed E-state index contributed by atoms with van der Waals surface area (Å²) < 4.78 is 40.1. The van der Waals surface area contributed by atoms with Crippen molar-refractivity contribution in [1.82, 2.24) is 19.6 Å². The maximum Gasteiger partial charge on any atom is 0.433 e. The highest BCUT2D eigenvalue weighted by Gasteiger charge is 2.35. The van der Waals surface area contributed by atoms with Crippen LogP contribution < -0.4 is 5.32 Å². The molecule has 2 aromatic heterocycles. The van der Waals surface area contributed by atoms with Crippen LogP contribution in [0.15, 0.2) is 42.5 Å². The molecule has 182 valence electrons. The second-order valence-electron chi connectivity index (χ2n) is 8.24. The Bertz CT molecular complexity index is 1150. The van der Waals surface area contributed by atoms with E-state index in [4.69, 9.17) is 11.6 Å². The minimum Gasteiger partial charge on any atom is -0.324 e. The van der Waals surface area contributed by atoms with Crippen molar-refractivity contribution in [1.29, 1.82) is 0 Å². The summed E-state index contributed by atoms with van der Waals surface area (Å²) in [5.41, 5.74) is 0.177. The quantitative estimate of drug-likeness (QED) is 0.508. The van der Waals surface area contributed by atoms with Gasteiger partial charge in [-0.2, -0.15) is 18.3 Å². The highest BCUT2D eigenvalue weighted by atomic mass is 35.5. The highest BCUT2D eigenvalue weighted by molar-refractivity contribution is 7.15. The first kappa shape index (κ1) is 24.7. The Balaban J connectivity index is 1.30. The van der Waals surface area contributed by atoms with E-state index >= 15 is 0 Å². The van der Waals surface area contributed by atoms with Crippen LogP contribution in [-0.2, 0) is 24.6 Å². The monoisotopic (exact) mass is 511 g/mol. The molecule has 34 heavy (non-hydrogen) atoms. The van der Waals surface area contributed by atoms with Crippen LogP contribution in [0.3, 0.4) is 0 Å². The largest absolute Gasteiger partial charge is 0.433 e. The molecule has 0 atom stereocenters. The summed E-state index contributed by atoms with van der Waals surface area (Å²) in [4.78, 5) is 18.7. The van der Waals surface area contributed by atoms with Gasteiger partial charge in [0.25, 0.3) is 0 Å². The van der Waals surface area contributed by atoms with Crippen molar-refractivity contribution in [2.45, 2.75) is 19.1 Å². The third kappa shape index (κ3) is 6.18. The molecule has 1 fully saturated rings. The zero-order valence-corrected chi connectivity index (χ0v) is 20.2. The molecule has 0 bridgehead atoms. The Hall–Kier alpha value is -2.40. The minimum absolute atomic E-state index is 0.0990. The van der Waals surface area contributed by atoms with Gasteiger partial charge in [-0.15, -0.1) is 11.3 Å². The first-order chi connectivity index (χ1) is 16.2. The number of amides is 1. The fraction of sp³-hybridized carbons (Fsp3) is 0.391. The van der Waals surface area contributed by atoms with Crippen molar-refractivity contribution in [2.75, 3.05) is 38.0 Å². The van der Waals surface area contributed by atoms with Crippen molar-refractivity contribution in [2.24, 2.45) is 7.05 Å². The lowest BCUT2D eigenvalue weighted by Gasteiger charge is -2.21. The third-order valence-electron chi connectivity index (χ3n) is 5.66. The summed E-state index contributed by atoms with van der Waals surface area (Å²) in [6.45, 7) is 4.26. The topological polar surface area (TPSA) is 53.4 Å². The zero-order valence-electron chi connectivity index (χ0n) is 18.6. The number of carbonyl (C=O) groups is 1. The SMILES string of the molecule is Cn1nc(-c2ccc(CN3CCCN(CC(=O)Nc4ccccc4Cl)CC3)s2)cc1C(F)(F)F. The Morgan fingerprint density at radius 1 is 1.12 bits per heavy atom. The van der Waals surface area contributed by atoms with E-state index in [-0.39, 0.29) is 5.91 Å². The molecular weight excluding hydrogens is 487 g/mol. The molecule has 4 rings (SSSR count). The number of nitrogens with zero attached hydrogens (tertiary/aromatic N) is 4. The molecular formula is C23H25ClF3N5OS. The van der Waals surface area contributed by atoms with E-state index in [1.807, 2.05) is 24.3 Å². The molecule has 1 aliphatic rings. The predicted molar refractivity (Wildman–Crippen MR) is 128 cm³/mol. The first-order valence-electron chi connectivity index (χ1n) is 10.9. The number of para-hydroxylation sites is 1. The summed E-state index contributed by atoms with van der Waals surface area (Å²) in [5.74, 6) is -0.0990. The van der Waals surface area contributed by atoms with Gasteiger partial charge in [0.1, 0.15) is 11.4 Å². The highest BCUT2D eigenvalue weighted by Crippen LogP contribution is 2.34. The van der Waals surface area contributed by atoms with Crippen molar-refractivity contribution in [3.8, 4) is 10.6 Å². The summed E-state index contributed by atoms with van der Waals surface area (Å²) in [6, 6.07) is 12.0. The molecule has 0 saturated carbocycles. The Morgan fingerprint density at radius 2 is 1.85 bits per heavy atom. The van der Waals surface area contributed by atoms with Crippen LogP contribution in [0.5, 0.6) is 0 Å². The van der Waals surface area contributed by atoms with Gasteiger partial charge in [-0.05, 0) is 49.8 Å². The van der Waals surface area contributed by atoms with Gasteiger partial charge in [0.05, 0.1) is 22.1 Å². The number of aryl methyl sites for hydroxylation is 1. The molecule has 6 nitrogen and oxygen atoms in total. The van der Waals surface area contributed by atoms with Crippen LogP contribution in [0, 0.1) is 0 Å². The molecule has 3 aromatic rings. The minimum atomic E-state index is -4.43. The molecule has 0 aliphatic carbocycles. The number of aromatic nitrogens is 2. The predicted octanol–water partition coefficient (Wildman–Crippen LogP) is 4.97. The van der Waals surface area contributed by atoms with Gasteiger partial charge in [0.2, 0.25) is 5.91 Å². The van der Waals surface area contributed by atoms with E-state index < -0.39 is 11.9 Å². The third-order valence-corrected chi connectivity index (χ3v) is 7.08. The average Bonchev–Trinajstić information content (AvgIpc) is 3.33. The van der Waals surface area contributed by atoms with E-state index in [1.54, 1.807) is 12.1 Å². The number of halogens is 4. The number of anilines is 1. The number of hydrogen-bond acceptors (Lipinski definition) is 5. The number of hydrogen-bond donors (Lipinski definition) is 1. The standard InChI is InChI=1S/C23H25ClF3N5OS/c1-30-21(23(25,26)27)13-19(29-30)20-8-7-16(34-20)14-31-9-4-10-32(12-11-31)15-22(33)28-18-6-3-2-5-17(18)24/h2-3,5-8,13H,4,9-12,14-15H2,1H3,(H,28,33). The van der Waals surface area contributed by atoms with Crippen LogP contribution >= 0.6 is 22.9 Å². The maximum absolute atomic E-state index is 13.1. The van der Waals surface area contributed by atoms with Gasteiger partial charge in [0, 0.05) is 31.6 Å². The lowest BCUT2D eigenvalue weighted by molar-refractivity contribution is -0.143. The Morgan fingerprint density at radius 3 is 2.59 bits per heavy atom. The molecule has 1 amide bonds. The van der Waals surface area contributed by atoms with Gasteiger partial charge >= 0.3 is 6.18 Å². The molecule has 0 radical (unpaired) electrons. The van der Waals surface area contributed by atoms with Gasteiger partial charge in [-0.3, -0.25) is 19.3 Å². The van der Waals surface area contributed by atoms with E-state index in [9.17, 15) is 18.0 Å². The number of benzene rings is 1. The molecule has 1 aromatic carbocycles. The summed E-state index contributed by atoms with van der Waals surface area (Å²) in [7, 11) is 1.30. The lowest BCUT2D eigenvalue weighted by Crippen LogP contribution is -2.36. The fourth-order valence-corrected chi connectivity index (χ4v) is 5.16. The molecule has 1 N–H and O–H groups in total. The molecule has 3 heterocycles. The summed E-state index contributed by atoms with van der Waals surface area (Å²) in [6.07, 6.45) is -3.50. The normalized spacial score (nSPS) is 15.9. The molecule has 1 saturated heterocycles.